The standard InChI is InChI=1S/C16H25N3O6S/c1-15(2,3)10(26-4)11(20)18-6-16(13(17)22)7-19(8-16)12(21)9-5-24-14(23)25-9/h9-10H,5-8H2,1-4H3,(H2,17,22)(H,18,20). The highest BCUT2D eigenvalue weighted by atomic mass is 32.2. The highest BCUT2D eigenvalue weighted by Gasteiger charge is 2.52. The van der Waals surface area contributed by atoms with Crippen LogP contribution in [0.15, 0.2) is 0 Å². The number of primary amides is 1. The lowest BCUT2D eigenvalue weighted by atomic mass is 9.78. The first-order valence-corrected chi connectivity index (χ1v) is 9.51. The summed E-state index contributed by atoms with van der Waals surface area (Å²) < 4.78 is 9.34. The molecule has 10 heteroatoms. The number of hydrogen-bond acceptors (Lipinski definition) is 7. The van der Waals surface area contributed by atoms with Gasteiger partial charge in [0.15, 0.2) is 0 Å². The quantitative estimate of drug-likeness (QED) is 0.600. The Morgan fingerprint density at radius 2 is 2.00 bits per heavy atom. The fourth-order valence-corrected chi connectivity index (χ4v) is 4.06. The first-order chi connectivity index (χ1) is 12.0. The van der Waals surface area contributed by atoms with Crippen molar-refractivity contribution < 1.29 is 28.7 Å². The monoisotopic (exact) mass is 387 g/mol. The Kier molecular flexibility index (Phi) is 5.74. The number of nitrogens with two attached hydrogens (primary N) is 1. The molecule has 26 heavy (non-hydrogen) atoms. The van der Waals surface area contributed by atoms with Gasteiger partial charge in [0.05, 0.1) is 5.25 Å². The van der Waals surface area contributed by atoms with Gasteiger partial charge in [0, 0.05) is 19.6 Å². The Labute approximate surface area is 156 Å². The Hall–Kier alpha value is -1.97. The third kappa shape index (κ3) is 4.05. The molecule has 2 atom stereocenters. The molecule has 0 radical (unpaired) electrons. The average molecular weight is 387 g/mol. The molecule has 2 aliphatic rings. The summed E-state index contributed by atoms with van der Waals surface area (Å²) in [5.41, 5.74) is 4.25. The van der Waals surface area contributed by atoms with E-state index >= 15 is 0 Å². The molecular weight excluding hydrogens is 362 g/mol. The van der Waals surface area contributed by atoms with Gasteiger partial charge in [0.1, 0.15) is 12.0 Å². The molecule has 0 saturated carbocycles. The van der Waals surface area contributed by atoms with Gasteiger partial charge in [0.25, 0.3) is 5.91 Å². The molecule has 0 aromatic heterocycles. The first kappa shape index (κ1) is 20.3. The van der Waals surface area contributed by atoms with Gasteiger partial charge >= 0.3 is 6.16 Å². The van der Waals surface area contributed by atoms with E-state index in [1.165, 1.54) is 16.7 Å². The summed E-state index contributed by atoms with van der Waals surface area (Å²) in [6, 6.07) is 0. The summed E-state index contributed by atoms with van der Waals surface area (Å²) in [6.45, 7) is 5.93. The number of cyclic esters (lactones) is 2. The number of carbonyl (C=O) groups excluding carboxylic acids is 4. The Morgan fingerprint density at radius 3 is 2.42 bits per heavy atom. The highest BCUT2D eigenvalue weighted by molar-refractivity contribution is 8.00. The van der Waals surface area contributed by atoms with E-state index in [-0.39, 0.29) is 42.8 Å². The van der Waals surface area contributed by atoms with Gasteiger partial charge in [0.2, 0.25) is 17.9 Å². The van der Waals surface area contributed by atoms with E-state index in [4.69, 9.17) is 10.5 Å². The summed E-state index contributed by atoms with van der Waals surface area (Å²) in [4.78, 5) is 48.9. The number of carbonyl (C=O) groups is 4. The molecule has 2 aliphatic heterocycles. The van der Waals surface area contributed by atoms with Crippen LogP contribution in [-0.2, 0) is 23.9 Å². The summed E-state index contributed by atoms with van der Waals surface area (Å²) >= 11 is 1.44. The van der Waals surface area contributed by atoms with E-state index in [1.807, 2.05) is 27.0 Å². The lowest BCUT2D eigenvalue weighted by Gasteiger charge is -2.48. The number of hydrogen-bond donors (Lipinski definition) is 2. The molecule has 146 valence electrons. The van der Waals surface area contributed by atoms with Gasteiger partial charge in [-0.15, -0.1) is 0 Å². The molecule has 0 aromatic rings. The molecule has 3 N–H and O–H groups in total. The molecule has 0 bridgehead atoms. The van der Waals surface area contributed by atoms with Crippen LogP contribution in [0.5, 0.6) is 0 Å². The first-order valence-electron chi connectivity index (χ1n) is 8.23. The molecule has 0 aromatic carbocycles. The van der Waals surface area contributed by atoms with Crippen molar-refractivity contribution in [2.45, 2.75) is 32.1 Å². The van der Waals surface area contributed by atoms with Crippen LogP contribution in [0.1, 0.15) is 20.8 Å². The van der Waals surface area contributed by atoms with Gasteiger partial charge in [-0.1, -0.05) is 20.8 Å². The second-order valence-electron chi connectivity index (χ2n) is 7.71. The highest BCUT2D eigenvalue weighted by Crippen LogP contribution is 2.32. The molecule has 2 unspecified atom stereocenters. The van der Waals surface area contributed by atoms with Crippen molar-refractivity contribution in [1.29, 1.82) is 0 Å². The van der Waals surface area contributed by atoms with E-state index in [0.717, 1.165) is 0 Å². The van der Waals surface area contributed by atoms with E-state index < -0.39 is 29.5 Å². The second-order valence-corrected chi connectivity index (χ2v) is 8.65. The maximum Gasteiger partial charge on any atom is 0.509 e. The number of ether oxygens (including phenoxy) is 2. The average Bonchev–Trinajstić information content (AvgIpc) is 2.91. The fraction of sp³-hybridized carbons (Fsp3) is 0.750. The summed E-state index contributed by atoms with van der Waals surface area (Å²) in [6.07, 6.45) is -0.0269. The molecule has 0 spiro atoms. The van der Waals surface area contributed by atoms with Crippen LogP contribution in [0.2, 0.25) is 0 Å². The molecule has 2 fully saturated rings. The predicted octanol–water partition coefficient (Wildman–Crippen LogP) is -0.270. The number of rotatable bonds is 6. The third-order valence-corrected chi connectivity index (χ3v) is 5.94. The zero-order valence-corrected chi connectivity index (χ0v) is 16.2. The van der Waals surface area contributed by atoms with Crippen molar-refractivity contribution in [2.75, 3.05) is 32.5 Å². The van der Waals surface area contributed by atoms with Crippen molar-refractivity contribution in [3.63, 3.8) is 0 Å². The second kappa shape index (κ2) is 7.34. The van der Waals surface area contributed by atoms with Crippen molar-refractivity contribution in [1.82, 2.24) is 10.2 Å². The largest absolute Gasteiger partial charge is 0.509 e. The molecule has 0 aliphatic carbocycles. The Morgan fingerprint density at radius 1 is 1.38 bits per heavy atom. The maximum absolute atomic E-state index is 12.5. The van der Waals surface area contributed by atoms with Crippen molar-refractivity contribution in [2.24, 2.45) is 16.6 Å². The smallest absolute Gasteiger partial charge is 0.430 e. The number of nitrogens with one attached hydrogen (secondary N) is 1. The molecule has 9 nitrogen and oxygen atoms in total. The van der Waals surface area contributed by atoms with E-state index in [1.54, 1.807) is 0 Å². The van der Waals surface area contributed by atoms with Crippen molar-refractivity contribution in [3.8, 4) is 0 Å². The zero-order valence-electron chi connectivity index (χ0n) is 15.4. The van der Waals surface area contributed by atoms with Crippen molar-refractivity contribution in [3.05, 3.63) is 0 Å². The van der Waals surface area contributed by atoms with Gasteiger partial charge < -0.3 is 25.4 Å². The number of amides is 3. The molecule has 2 saturated heterocycles. The summed E-state index contributed by atoms with van der Waals surface area (Å²) in [5.74, 6) is -1.19. The number of likely N-dealkylation sites (tertiary alicyclic amines) is 1. The molecule has 2 rings (SSSR count). The number of thioether (sulfide) groups is 1. The lowest BCUT2D eigenvalue weighted by Crippen LogP contribution is -2.69. The topological polar surface area (TPSA) is 128 Å². The van der Waals surface area contributed by atoms with Crippen LogP contribution in [0.25, 0.3) is 0 Å². The van der Waals surface area contributed by atoms with Gasteiger partial charge in [-0.3, -0.25) is 14.4 Å². The molecular formula is C16H25N3O6S. The van der Waals surface area contributed by atoms with Crippen LogP contribution >= 0.6 is 11.8 Å². The van der Waals surface area contributed by atoms with Gasteiger partial charge in [-0.25, -0.2) is 4.79 Å². The third-order valence-electron chi connectivity index (χ3n) is 4.55. The SMILES string of the molecule is CSC(C(=O)NCC1(C(N)=O)CN(C(=O)C2COC(=O)O2)C1)C(C)(C)C. The molecule has 2 heterocycles. The number of nitrogens with zero attached hydrogens (tertiary/aromatic N) is 1. The van der Waals surface area contributed by atoms with Crippen LogP contribution in [0.4, 0.5) is 4.79 Å². The van der Waals surface area contributed by atoms with E-state index in [0.29, 0.717) is 0 Å². The van der Waals surface area contributed by atoms with Crippen LogP contribution in [0.3, 0.4) is 0 Å². The summed E-state index contributed by atoms with van der Waals surface area (Å²) in [5, 5.41) is 2.51. The minimum absolute atomic E-state index is 0.0546. The molecule has 3 amide bonds. The van der Waals surface area contributed by atoms with E-state index in [9.17, 15) is 19.2 Å². The van der Waals surface area contributed by atoms with Crippen LogP contribution in [-0.4, -0.2) is 72.6 Å². The van der Waals surface area contributed by atoms with Crippen LogP contribution in [0, 0.1) is 10.8 Å². The van der Waals surface area contributed by atoms with Crippen LogP contribution < -0.4 is 11.1 Å². The Bertz CT molecular complexity index is 612. The van der Waals surface area contributed by atoms with Crippen molar-refractivity contribution >= 4 is 35.6 Å². The minimum Gasteiger partial charge on any atom is -0.430 e. The van der Waals surface area contributed by atoms with Gasteiger partial charge in [-0.2, -0.15) is 11.8 Å². The maximum atomic E-state index is 12.5. The van der Waals surface area contributed by atoms with Gasteiger partial charge in [-0.05, 0) is 11.7 Å². The minimum atomic E-state index is -1.02. The van der Waals surface area contributed by atoms with E-state index in [2.05, 4.69) is 10.1 Å². The lowest BCUT2D eigenvalue weighted by molar-refractivity contribution is -0.156. The Balaban J connectivity index is 1.94. The predicted molar refractivity (Wildman–Crippen MR) is 94.2 cm³/mol. The normalized spacial score (nSPS) is 22.7. The zero-order chi connectivity index (χ0) is 19.7. The summed E-state index contributed by atoms with van der Waals surface area (Å²) in [7, 11) is 0. The fourth-order valence-electron chi connectivity index (χ4n) is 3.05.